The van der Waals surface area contributed by atoms with E-state index in [0.29, 0.717) is 17.9 Å². The van der Waals surface area contributed by atoms with Gasteiger partial charge in [0, 0.05) is 6.54 Å². The molecule has 2 aromatic carbocycles. The van der Waals surface area contributed by atoms with Crippen LogP contribution in [-0.4, -0.2) is 27.3 Å². The molecular weight excluding hydrogens is 442 g/mol. The van der Waals surface area contributed by atoms with Gasteiger partial charge in [-0.3, -0.25) is 0 Å². The summed E-state index contributed by atoms with van der Waals surface area (Å²) in [5.74, 6) is 1.80. The van der Waals surface area contributed by atoms with E-state index >= 15 is 0 Å². The summed E-state index contributed by atoms with van der Waals surface area (Å²) in [5.41, 5.74) is 1.30. The highest BCUT2D eigenvalue weighted by Crippen LogP contribution is 2.22. The maximum atomic E-state index is 12.2. The minimum atomic E-state index is -3.48. The van der Waals surface area contributed by atoms with Crippen molar-refractivity contribution in [3.63, 3.8) is 0 Å². The molecule has 0 saturated heterocycles. The van der Waals surface area contributed by atoms with E-state index in [2.05, 4.69) is 27.6 Å². The molecule has 0 radical (unpaired) electrons. The summed E-state index contributed by atoms with van der Waals surface area (Å²) in [6.45, 7) is 3.18. The van der Waals surface area contributed by atoms with E-state index in [1.54, 1.807) is 24.3 Å². The van der Waals surface area contributed by atoms with Gasteiger partial charge in [0.25, 0.3) is 0 Å². The van der Waals surface area contributed by atoms with Crippen molar-refractivity contribution >= 4 is 34.0 Å². The molecule has 0 saturated carbocycles. The molecule has 0 aliphatic rings. The van der Waals surface area contributed by atoms with Crippen LogP contribution in [0.5, 0.6) is 5.75 Å². The van der Waals surface area contributed by atoms with Crippen molar-refractivity contribution in [1.82, 2.24) is 4.72 Å². The van der Waals surface area contributed by atoms with Crippen LogP contribution >= 0.6 is 12.6 Å². The molecular formula is C24H35N3O3S2. The highest BCUT2D eigenvalue weighted by molar-refractivity contribution is 7.89. The minimum absolute atomic E-state index is 0.228. The Kier molecular flexibility index (Phi) is 12.4. The van der Waals surface area contributed by atoms with Gasteiger partial charge in [0.05, 0.1) is 22.9 Å². The lowest BCUT2D eigenvalue weighted by Crippen LogP contribution is -2.24. The summed E-state index contributed by atoms with van der Waals surface area (Å²) < 4.78 is 32.8. The first-order valence-electron chi connectivity index (χ1n) is 11.4. The van der Waals surface area contributed by atoms with Gasteiger partial charge in [-0.25, -0.2) is 13.1 Å². The molecule has 176 valence electrons. The predicted octanol–water partition coefficient (Wildman–Crippen LogP) is 6.83. The zero-order chi connectivity index (χ0) is 23.1. The standard InChI is InChI=1S/C24H35N3O3S2/c1-2-3-18-25-32(28,29)24-16-12-22(13-17-24)27-26-21-10-14-23(15-11-21)30-19-8-6-4-5-7-9-20-31/h10-17,25,31H,2-9,18-20H2,1H3. The number of benzene rings is 2. The fraction of sp³-hybridized carbons (Fsp3) is 0.500. The Labute approximate surface area is 198 Å². The average molecular weight is 478 g/mol. The monoisotopic (exact) mass is 477 g/mol. The number of rotatable bonds is 16. The number of hydrogen-bond donors (Lipinski definition) is 2. The number of thiol groups is 1. The fourth-order valence-corrected chi connectivity index (χ4v) is 4.29. The van der Waals surface area contributed by atoms with Gasteiger partial charge in [-0.2, -0.15) is 22.9 Å². The maximum absolute atomic E-state index is 12.2. The molecule has 2 rings (SSSR count). The second-order valence-electron chi connectivity index (χ2n) is 7.63. The molecule has 0 aromatic heterocycles. The SMILES string of the molecule is CCCCNS(=O)(=O)c1ccc(N=Nc2ccc(OCCCCCCCCS)cc2)cc1. The van der Waals surface area contributed by atoms with Crippen molar-refractivity contribution in [2.75, 3.05) is 18.9 Å². The number of nitrogens with one attached hydrogen (secondary N) is 1. The van der Waals surface area contributed by atoms with Crippen molar-refractivity contribution in [1.29, 1.82) is 0 Å². The third-order valence-electron chi connectivity index (χ3n) is 4.91. The third-order valence-corrected chi connectivity index (χ3v) is 6.70. The summed E-state index contributed by atoms with van der Waals surface area (Å²) in [6.07, 6.45) is 8.98. The van der Waals surface area contributed by atoms with Gasteiger partial charge >= 0.3 is 0 Å². The fourth-order valence-electron chi connectivity index (χ4n) is 2.99. The number of hydrogen-bond acceptors (Lipinski definition) is 6. The number of azo groups is 1. The van der Waals surface area contributed by atoms with Gasteiger partial charge in [0.1, 0.15) is 5.75 Å². The van der Waals surface area contributed by atoms with E-state index in [9.17, 15) is 8.42 Å². The maximum Gasteiger partial charge on any atom is 0.240 e. The Morgan fingerprint density at radius 3 is 1.97 bits per heavy atom. The minimum Gasteiger partial charge on any atom is -0.494 e. The Morgan fingerprint density at radius 1 is 0.812 bits per heavy atom. The van der Waals surface area contributed by atoms with Gasteiger partial charge in [-0.1, -0.05) is 39.0 Å². The average Bonchev–Trinajstić information content (AvgIpc) is 2.80. The molecule has 1 N–H and O–H groups in total. The molecule has 0 atom stereocenters. The second kappa shape index (κ2) is 15.0. The highest BCUT2D eigenvalue weighted by atomic mass is 32.2. The van der Waals surface area contributed by atoms with Crippen LogP contribution in [0.25, 0.3) is 0 Å². The number of unbranched alkanes of at least 4 members (excludes halogenated alkanes) is 6. The second-order valence-corrected chi connectivity index (χ2v) is 9.85. The molecule has 0 aliphatic carbocycles. The van der Waals surface area contributed by atoms with Gasteiger partial charge in [-0.15, -0.1) is 0 Å². The highest BCUT2D eigenvalue weighted by Gasteiger charge is 2.12. The molecule has 0 bridgehead atoms. The van der Waals surface area contributed by atoms with Crippen molar-refractivity contribution in [2.45, 2.75) is 63.2 Å². The van der Waals surface area contributed by atoms with E-state index in [0.717, 1.165) is 37.4 Å². The quantitative estimate of drug-likeness (QED) is 0.158. The summed E-state index contributed by atoms with van der Waals surface area (Å²) in [6, 6.07) is 13.9. The number of ether oxygens (including phenoxy) is 1. The van der Waals surface area contributed by atoms with Crippen LogP contribution in [0, 0.1) is 0 Å². The lowest BCUT2D eigenvalue weighted by Gasteiger charge is -2.06. The molecule has 2 aromatic rings. The van der Waals surface area contributed by atoms with E-state index in [-0.39, 0.29) is 4.90 Å². The molecule has 6 nitrogen and oxygen atoms in total. The third kappa shape index (κ3) is 10.1. The normalized spacial score (nSPS) is 11.8. The molecule has 8 heteroatoms. The smallest absolute Gasteiger partial charge is 0.240 e. The van der Waals surface area contributed by atoms with E-state index < -0.39 is 10.0 Å². The van der Waals surface area contributed by atoms with Crippen LogP contribution in [0.1, 0.15) is 58.3 Å². The Balaban J connectivity index is 1.76. The first kappa shape index (κ1) is 26.4. The number of nitrogens with zero attached hydrogens (tertiary/aromatic N) is 2. The largest absolute Gasteiger partial charge is 0.494 e. The first-order chi connectivity index (χ1) is 15.5. The Bertz CT molecular complexity index is 899. The summed E-state index contributed by atoms with van der Waals surface area (Å²) in [4.78, 5) is 0.228. The topological polar surface area (TPSA) is 80.1 Å². The van der Waals surface area contributed by atoms with Gasteiger partial charge in [0.15, 0.2) is 0 Å². The lowest BCUT2D eigenvalue weighted by atomic mass is 10.1. The van der Waals surface area contributed by atoms with Crippen molar-refractivity contribution in [2.24, 2.45) is 10.2 Å². The predicted molar refractivity (Wildman–Crippen MR) is 134 cm³/mol. The van der Waals surface area contributed by atoms with Crippen LogP contribution in [0.3, 0.4) is 0 Å². The zero-order valence-electron chi connectivity index (χ0n) is 18.9. The van der Waals surface area contributed by atoms with Crippen molar-refractivity contribution in [3.05, 3.63) is 48.5 Å². The van der Waals surface area contributed by atoms with E-state index in [1.165, 1.54) is 32.1 Å². The number of sulfonamides is 1. The van der Waals surface area contributed by atoms with Gasteiger partial charge in [0.2, 0.25) is 10.0 Å². The Morgan fingerprint density at radius 2 is 1.38 bits per heavy atom. The van der Waals surface area contributed by atoms with Crippen LogP contribution < -0.4 is 9.46 Å². The molecule has 0 fully saturated rings. The Hall–Kier alpha value is -1.90. The van der Waals surface area contributed by atoms with Crippen molar-refractivity contribution < 1.29 is 13.2 Å². The first-order valence-corrected chi connectivity index (χ1v) is 13.5. The molecule has 0 spiro atoms. The molecule has 32 heavy (non-hydrogen) atoms. The van der Waals surface area contributed by atoms with Crippen molar-refractivity contribution in [3.8, 4) is 5.75 Å². The van der Waals surface area contributed by atoms with Gasteiger partial charge in [-0.05, 0) is 73.5 Å². The van der Waals surface area contributed by atoms with Crippen LogP contribution in [0.2, 0.25) is 0 Å². The van der Waals surface area contributed by atoms with Crippen LogP contribution in [0.4, 0.5) is 11.4 Å². The zero-order valence-corrected chi connectivity index (χ0v) is 20.6. The molecule has 0 heterocycles. The van der Waals surface area contributed by atoms with E-state index in [4.69, 9.17) is 4.74 Å². The molecule has 0 amide bonds. The summed E-state index contributed by atoms with van der Waals surface area (Å²) >= 11 is 4.23. The van der Waals surface area contributed by atoms with Crippen LogP contribution in [-0.2, 0) is 10.0 Å². The molecule has 0 aliphatic heterocycles. The lowest BCUT2D eigenvalue weighted by molar-refractivity contribution is 0.304. The van der Waals surface area contributed by atoms with Crippen LogP contribution in [0.15, 0.2) is 63.7 Å². The molecule has 0 unspecified atom stereocenters. The van der Waals surface area contributed by atoms with E-state index in [1.807, 2.05) is 31.2 Å². The van der Waals surface area contributed by atoms with Gasteiger partial charge < -0.3 is 4.74 Å². The summed E-state index contributed by atoms with van der Waals surface area (Å²) in [7, 11) is -3.48. The summed E-state index contributed by atoms with van der Waals surface area (Å²) in [5, 5.41) is 8.40.